The lowest BCUT2D eigenvalue weighted by molar-refractivity contribution is -0.119. The summed E-state index contributed by atoms with van der Waals surface area (Å²) in [4.78, 5) is 30.3. The number of carbonyl (C=O) groups is 1. The van der Waals surface area contributed by atoms with E-state index in [-0.39, 0.29) is 24.1 Å². The van der Waals surface area contributed by atoms with Crippen LogP contribution in [0.3, 0.4) is 0 Å². The maximum atomic E-state index is 11.5. The molecule has 2 aromatic heterocycles. The van der Waals surface area contributed by atoms with Crippen molar-refractivity contribution in [3.8, 4) is 45.4 Å². The summed E-state index contributed by atoms with van der Waals surface area (Å²) in [6, 6.07) is 11.9. The number of aliphatic hydroxyl groups excluding tert-OH is 1. The highest BCUT2D eigenvalue weighted by Crippen LogP contribution is 2.42. The lowest BCUT2D eigenvalue weighted by Crippen LogP contribution is -2.27. The van der Waals surface area contributed by atoms with Gasteiger partial charge in [-0.3, -0.25) is 14.8 Å². The summed E-state index contributed by atoms with van der Waals surface area (Å²) in [5.41, 5.74) is 5.46. The maximum Gasteiger partial charge on any atom is 0.237 e. The lowest BCUT2D eigenvalue weighted by atomic mass is 9.98. The van der Waals surface area contributed by atoms with Crippen molar-refractivity contribution in [1.82, 2.24) is 30.6 Å². The third-order valence-corrected chi connectivity index (χ3v) is 9.68. The number of aryl methyl sites for hydroxylation is 1. The summed E-state index contributed by atoms with van der Waals surface area (Å²) in [6.45, 7) is 0.485. The first kappa shape index (κ1) is 33.1. The quantitative estimate of drug-likeness (QED) is 0.161. The Bertz CT molecular complexity index is 1760. The van der Waals surface area contributed by atoms with Crippen molar-refractivity contribution in [2.45, 2.75) is 76.1 Å². The van der Waals surface area contributed by atoms with E-state index in [0.717, 1.165) is 55.3 Å². The molecule has 1 saturated carbocycles. The fourth-order valence-corrected chi connectivity index (χ4v) is 6.99. The molecule has 3 N–H and O–H groups in total. The molecule has 1 aliphatic heterocycles. The molecule has 2 aromatic carbocycles. The van der Waals surface area contributed by atoms with E-state index < -0.39 is 0 Å². The number of nitrogens with one attached hydrogen (secondary N) is 2. The highest BCUT2D eigenvalue weighted by molar-refractivity contribution is 6.39. The van der Waals surface area contributed by atoms with Gasteiger partial charge in [-0.15, -0.1) is 0 Å². The van der Waals surface area contributed by atoms with Gasteiger partial charge >= 0.3 is 0 Å². The predicted molar refractivity (Wildman–Crippen MR) is 182 cm³/mol. The van der Waals surface area contributed by atoms with Crippen molar-refractivity contribution in [3.05, 3.63) is 70.2 Å². The van der Waals surface area contributed by atoms with Gasteiger partial charge in [0, 0.05) is 47.3 Å². The van der Waals surface area contributed by atoms with Crippen LogP contribution in [-0.2, 0) is 17.8 Å². The molecule has 3 heterocycles. The lowest BCUT2D eigenvalue weighted by Gasteiger charge is -2.16. The molecule has 0 radical (unpaired) electrons. The number of halogens is 2. The minimum atomic E-state index is -0.253. The standard InChI is InChI=1S/C35H38Cl2N6O4/c1-46-34-27(11-3-6-20-13-15-31(45)41-20)39-17-28(42-34)25-9-4-7-23(32(25)36)24-8-5-10-26(33(24)37)29-18-40-30(35(43-29)47-2)19-38-21-12-14-22(44)16-21/h4-5,7-10,17-18,20-22,38,44H,3,6,11-16,19H2,1-2H3,(H,41,45)/t20-,21+,22+/m1/s1. The third kappa shape index (κ3) is 7.51. The molecule has 10 nitrogen and oxygen atoms in total. The van der Waals surface area contributed by atoms with Crippen LogP contribution in [0.1, 0.15) is 56.3 Å². The Hall–Kier alpha value is -3.83. The van der Waals surface area contributed by atoms with Crippen LogP contribution in [0.4, 0.5) is 0 Å². The van der Waals surface area contributed by atoms with Gasteiger partial charge in [0.1, 0.15) is 11.4 Å². The first-order valence-electron chi connectivity index (χ1n) is 15.9. The molecule has 246 valence electrons. The number of aliphatic hydroxyl groups is 1. The van der Waals surface area contributed by atoms with Gasteiger partial charge < -0.3 is 25.2 Å². The van der Waals surface area contributed by atoms with E-state index in [0.29, 0.717) is 69.4 Å². The Morgan fingerprint density at radius 3 is 2.02 bits per heavy atom. The van der Waals surface area contributed by atoms with E-state index in [1.54, 1.807) is 26.6 Å². The molecule has 0 spiro atoms. The van der Waals surface area contributed by atoms with Crippen LogP contribution in [0, 0.1) is 0 Å². The van der Waals surface area contributed by atoms with E-state index in [2.05, 4.69) is 20.6 Å². The zero-order valence-corrected chi connectivity index (χ0v) is 27.9. The number of methoxy groups -OCH3 is 2. The predicted octanol–water partition coefficient (Wildman–Crippen LogP) is 6.20. The third-order valence-electron chi connectivity index (χ3n) is 8.86. The number of benzene rings is 2. The Labute approximate surface area is 284 Å². The van der Waals surface area contributed by atoms with E-state index in [1.165, 1.54) is 0 Å². The van der Waals surface area contributed by atoms with Crippen molar-refractivity contribution in [1.29, 1.82) is 0 Å². The van der Waals surface area contributed by atoms with E-state index in [1.807, 2.05) is 36.4 Å². The Kier molecular flexibility index (Phi) is 10.5. The van der Waals surface area contributed by atoms with Crippen LogP contribution in [0.2, 0.25) is 10.0 Å². The zero-order chi connectivity index (χ0) is 32.9. The Morgan fingerprint density at radius 2 is 1.47 bits per heavy atom. The number of hydrogen-bond acceptors (Lipinski definition) is 9. The summed E-state index contributed by atoms with van der Waals surface area (Å²) in [6.07, 6.45) is 9.53. The first-order chi connectivity index (χ1) is 22.8. The van der Waals surface area contributed by atoms with Gasteiger partial charge in [-0.25, -0.2) is 9.97 Å². The molecule has 4 aromatic rings. The summed E-state index contributed by atoms with van der Waals surface area (Å²) < 4.78 is 11.2. The van der Waals surface area contributed by atoms with Gasteiger partial charge in [0.15, 0.2) is 0 Å². The van der Waals surface area contributed by atoms with Gasteiger partial charge in [-0.2, -0.15) is 0 Å². The molecular formula is C35H38Cl2N6O4. The average molecular weight is 678 g/mol. The minimum Gasteiger partial charge on any atom is -0.480 e. The van der Waals surface area contributed by atoms with Crippen molar-refractivity contribution in [2.24, 2.45) is 0 Å². The number of nitrogens with zero attached hydrogens (tertiary/aromatic N) is 4. The highest BCUT2D eigenvalue weighted by atomic mass is 35.5. The number of ether oxygens (including phenoxy) is 2. The molecule has 2 aliphatic rings. The molecule has 3 atom stereocenters. The molecule has 47 heavy (non-hydrogen) atoms. The summed E-state index contributed by atoms with van der Waals surface area (Å²) in [5, 5.41) is 17.3. The summed E-state index contributed by atoms with van der Waals surface area (Å²) in [7, 11) is 3.15. The van der Waals surface area contributed by atoms with Gasteiger partial charge in [0.25, 0.3) is 0 Å². The topological polar surface area (TPSA) is 131 Å². The van der Waals surface area contributed by atoms with Gasteiger partial charge in [0.05, 0.1) is 54.2 Å². The van der Waals surface area contributed by atoms with E-state index >= 15 is 0 Å². The van der Waals surface area contributed by atoms with Gasteiger partial charge in [0.2, 0.25) is 17.7 Å². The van der Waals surface area contributed by atoms with Crippen LogP contribution in [0.5, 0.6) is 11.8 Å². The molecule has 12 heteroatoms. The largest absolute Gasteiger partial charge is 0.480 e. The van der Waals surface area contributed by atoms with Crippen molar-refractivity contribution in [2.75, 3.05) is 14.2 Å². The molecule has 1 amide bonds. The fraction of sp³-hybridized carbons (Fsp3) is 0.400. The van der Waals surface area contributed by atoms with Crippen LogP contribution < -0.4 is 20.1 Å². The second-order valence-corrected chi connectivity index (χ2v) is 12.8. The second-order valence-electron chi connectivity index (χ2n) is 12.0. The Morgan fingerprint density at radius 1 is 0.872 bits per heavy atom. The highest BCUT2D eigenvalue weighted by Gasteiger charge is 2.24. The summed E-state index contributed by atoms with van der Waals surface area (Å²) in [5.74, 6) is 0.986. The smallest absolute Gasteiger partial charge is 0.237 e. The molecule has 1 saturated heterocycles. The number of aromatic nitrogens is 4. The molecule has 0 bridgehead atoms. The molecule has 1 aliphatic carbocycles. The molecule has 0 unspecified atom stereocenters. The normalized spacial score (nSPS) is 19.2. The Balaban J connectivity index is 1.22. The van der Waals surface area contributed by atoms with Crippen LogP contribution in [0.25, 0.3) is 33.6 Å². The van der Waals surface area contributed by atoms with Crippen LogP contribution in [0.15, 0.2) is 48.8 Å². The monoisotopic (exact) mass is 676 g/mol. The van der Waals surface area contributed by atoms with Crippen LogP contribution in [-0.4, -0.2) is 63.4 Å². The minimum absolute atomic E-state index is 0.123. The van der Waals surface area contributed by atoms with Crippen molar-refractivity contribution < 1.29 is 19.4 Å². The van der Waals surface area contributed by atoms with E-state index in [4.69, 9.17) is 42.6 Å². The SMILES string of the molecule is COc1nc(-c2cccc(-c3cccc(-c4cnc(CN[C@H]5CC[C@H](O)C5)c(OC)n4)c3Cl)c2Cl)cnc1CCC[C@@H]1CCC(=O)N1. The zero-order valence-electron chi connectivity index (χ0n) is 26.4. The van der Waals surface area contributed by atoms with Gasteiger partial charge in [-0.05, 0) is 44.9 Å². The maximum absolute atomic E-state index is 11.5. The first-order valence-corrected chi connectivity index (χ1v) is 16.7. The number of amides is 1. The van der Waals surface area contributed by atoms with Crippen LogP contribution >= 0.6 is 23.2 Å². The van der Waals surface area contributed by atoms with E-state index in [9.17, 15) is 9.90 Å². The second kappa shape index (κ2) is 14.9. The molecular weight excluding hydrogens is 639 g/mol. The van der Waals surface area contributed by atoms with Crippen molar-refractivity contribution >= 4 is 29.1 Å². The summed E-state index contributed by atoms with van der Waals surface area (Å²) >= 11 is 14.1. The number of carbonyl (C=O) groups excluding carboxylic acids is 1. The molecule has 2 fully saturated rings. The van der Waals surface area contributed by atoms with Gasteiger partial charge in [-0.1, -0.05) is 59.6 Å². The molecule has 6 rings (SSSR count). The number of rotatable bonds is 12. The van der Waals surface area contributed by atoms with Crippen molar-refractivity contribution in [3.63, 3.8) is 0 Å². The number of hydrogen-bond donors (Lipinski definition) is 3. The fourth-order valence-electron chi connectivity index (χ4n) is 6.34. The average Bonchev–Trinajstić information content (AvgIpc) is 3.71.